The number of hydrogen-bond acceptors (Lipinski definition) is 3. The van der Waals surface area contributed by atoms with Crippen molar-refractivity contribution >= 4 is 12.4 Å². The first-order valence-corrected chi connectivity index (χ1v) is 5.80. The number of rotatable bonds is 2. The summed E-state index contributed by atoms with van der Waals surface area (Å²) in [6, 6.07) is 0.183. The van der Waals surface area contributed by atoms with Crippen LogP contribution in [-0.2, 0) is 9.53 Å². The van der Waals surface area contributed by atoms with E-state index in [1.807, 2.05) is 27.7 Å². The van der Waals surface area contributed by atoms with Crippen LogP contribution in [-0.4, -0.2) is 35.0 Å². The summed E-state index contributed by atoms with van der Waals surface area (Å²) in [5.41, 5.74) is -0.481. The first-order chi connectivity index (χ1) is 7.35. The molecular weight excluding hydrogens is 206 g/mol. The molecule has 16 heavy (non-hydrogen) atoms. The van der Waals surface area contributed by atoms with Gasteiger partial charge in [-0.15, -0.1) is 0 Å². The molecule has 0 aromatic carbocycles. The highest BCUT2D eigenvalue weighted by Gasteiger charge is 2.36. The van der Waals surface area contributed by atoms with Gasteiger partial charge in [-0.2, -0.15) is 0 Å². The number of likely N-dealkylation sites (tertiary alicyclic amines) is 1. The highest BCUT2D eigenvalue weighted by Crippen LogP contribution is 2.27. The van der Waals surface area contributed by atoms with E-state index >= 15 is 0 Å². The van der Waals surface area contributed by atoms with E-state index in [4.69, 9.17) is 4.74 Å². The summed E-state index contributed by atoms with van der Waals surface area (Å²) < 4.78 is 5.34. The fourth-order valence-corrected chi connectivity index (χ4v) is 2.06. The van der Waals surface area contributed by atoms with E-state index in [0.29, 0.717) is 6.42 Å². The molecule has 2 unspecified atom stereocenters. The van der Waals surface area contributed by atoms with Gasteiger partial charge in [-0.1, -0.05) is 0 Å². The molecule has 4 nitrogen and oxygen atoms in total. The van der Waals surface area contributed by atoms with Crippen molar-refractivity contribution in [1.29, 1.82) is 0 Å². The molecule has 0 spiro atoms. The van der Waals surface area contributed by atoms with Crippen molar-refractivity contribution in [3.63, 3.8) is 0 Å². The third kappa shape index (κ3) is 3.22. The first kappa shape index (κ1) is 13.0. The van der Waals surface area contributed by atoms with E-state index in [1.54, 1.807) is 4.90 Å². The average Bonchev–Trinajstić information content (AvgIpc) is 2.44. The summed E-state index contributed by atoms with van der Waals surface area (Å²) in [7, 11) is 0. The lowest BCUT2D eigenvalue weighted by Gasteiger charge is -2.30. The van der Waals surface area contributed by atoms with Gasteiger partial charge in [0.1, 0.15) is 11.9 Å². The van der Waals surface area contributed by atoms with E-state index in [0.717, 1.165) is 19.1 Å². The van der Waals surface area contributed by atoms with Gasteiger partial charge in [-0.25, -0.2) is 4.79 Å². The van der Waals surface area contributed by atoms with Gasteiger partial charge >= 0.3 is 6.09 Å². The quantitative estimate of drug-likeness (QED) is 0.680. The molecule has 92 valence electrons. The maximum absolute atomic E-state index is 11.9. The number of nitrogens with zero attached hydrogens (tertiary/aromatic N) is 1. The Balaban J connectivity index is 2.67. The van der Waals surface area contributed by atoms with Crippen molar-refractivity contribution in [2.24, 2.45) is 0 Å². The maximum Gasteiger partial charge on any atom is 0.410 e. The fraction of sp³-hybridized carbons (Fsp3) is 0.833. The van der Waals surface area contributed by atoms with Crippen LogP contribution in [0.25, 0.3) is 0 Å². The van der Waals surface area contributed by atoms with Gasteiger partial charge in [0, 0.05) is 18.5 Å². The lowest BCUT2D eigenvalue weighted by atomic mass is 10.1. The first-order valence-electron chi connectivity index (χ1n) is 5.80. The predicted molar refractivity (Wildman–Crippen MR) is 61.2 cm³/mol. The molecule has 2 atom stereocenters. The van der Waals surface area contributed by atoms with Crippen LogP contribution in [0.2, 0.25) is 0 Å². The Morgan fingerprint density at radius 1 is 1.44 bits per heavy atom. The second-order valence-electron chi connectivity index (χ2n) is 5.37. The highest BCUT2D eigenvalue weighted by atomic mass is 16.6. The molecule has 1 fully saturated rings. The molecule has 0 aromatic heterocycles. The zero-order valence-corrected chi connectivity index (χ0v) is 10.5. The molecule has 0 N–H and O–H groups in total. The van der Waals surface area contributed by atoms with Gasteiger partial charge in [0.15, 0.2) is 0 Å². The van der Waals surface area contributed by atoms with Crippen molar-refractivity contribution < 1.29 is 14.3 Å². The molecule has 0 radical (unpaired) electrons. The Kier molecular flexibility index (Phi) is 3.94. The van der Waals surface area contributed by atoms with Crippen LogP contribution in [0.1, 0.15) is 47.0 Å². The van der Waals surface area contributed by atoms with E-state index < -0.39 is 5.60 Å². The fourth-order valence-electron chi connectivity index (χ4n) is 2.06. The topological polar surface area (TPSA) is 46.6 Å². The van der Waals surface area contributed by atoms with E-state index in [-0.39, 0.29) is 18.2 Å². The third-order valence-corrected chi connectivity index (χ3v) is 2.76. The summed E-state index contributed by atoms with van der Waals surface area (Å²) in [4.78, 5) is 24.2. The average molecular weight is 227 g/mol. The molecular formula is C12H21NO3. The molecule has 0 bridgehead atoms. The Morgan fingerprint density at radius 3 is 2.56 bits per heavy atom. The number of carbonyl (C=O) groups is 2. The van der Waals surface area contributed by atoms with E-state index in [2.05, 4.69) is 0 Å². The van der Waals surface area contributed by atoms with E-state index in [1.165, 1.54) is 0 Å². The summed E-state index contributed by atoms with van der Waals surface area (Å²) in [5, 5.41) is 0. The molecule has 0 aromatic rings. The lowest BCUT2D eigenvalue weighted by molar-refractivity contribution is -0.108. The van der Waals surface area contributed by atoms with Crippen LogP contribution in [0.4, 0.5) is 4.79 Å². The minimum absolute atomic E-state index is 0.0161. The number of amides is 1. The van der Waals surface area contributed by atoms with Gasteiger partial charge in [0.2, 0.25) is 0 Å². The Hall–Kier alpha value is -1.06. The molecule has 1 aliphatic heterocycles. The molecule has 1 heterocycles. The predicted octanol–water partition coefficient (Wildman–Crippen LogP) is 2.36. The SMILES string of the molecule is CC1CCC(CC=O)N1C(=O)OC(C)(C)C. The van der Waals surface area contributed by atoms with Gasteiger partial charge in [0.25, 0.3) is 0 Å². The van der Waals surface area contributed by atoms with Crippen LogP contribution in [0.15, 0.2) is 0 Å². The normalized spacial score (nSPS) is 25.6. The van der Waals surface area contributed by atoms with Crippen LogP contribution in [0.3, 0.4) is 0 Å². The summed E-state index contributed by atoms with van der Waals surface area (Å²) in [6.07, 6.45) is 2.81. The molecule has 1 aliphatic rings. The number of ether oxygens (including phenoxy) is 1. The molecule has 1 rings (SSSR count). The van der Waals surface area contributed by atoms with Crippen LogP contribution < -0.4 is 0 Å². The van der Waals surface area contributed by atoms with Crippen molar-refractivity contribution in [3.8, 4) is 0 Å². The third-order valence-electron chi connectivity index (χ3n) is 2.76. The van der Waals surface area contributed by atoms with Crippen LogP contribution in [0.5, 0.6) is 0 Å². The van der Waals surface area contributed by atoms with Crippen molar-refractivity contribution in [1.82, 2.24) is 4.90 Å². The summed E-state index contributed by atoms with van der Waals surface area (Å²) in [5.74, 6) is 0. The van der Waals surface area contributed by atoms with Crippen LogP contribution >= 0.6 is 0 Å². The largest absolute Gasteiger partial charge is 0.444 e. The van der Waals surface area contributed by atoms with E-state index in [9.17, 15) is 9.59 Å². The van der Waals surface area contributed by atoms with Crippen molar-refractivity contribution in [2.45, 2.75) is 64.6 Å². The maximum atomic E-state index is 11.9. The van der Waals surface area contributed by atoms with Crippen molar-refractivity contribution in [3.05, 3.63) is 0 Å². The zero-order chi connectivity index (χ0) is 12.3. The summed E-state index contributed by atoms with van der Waals surface area (Å²) >= 11 is 0. The monoisotopic (exact) mass is 227 g/mol. The van der Waals surface area contributed by atoms with Gasteiger partial charge in [-0.3, -0.25) is 0 Å². The minimum atomic E-state index is -0.481. The summed E-state index contributed by atoms with van der Waals surface area (Å²) in [6.45, 7) is 7.54. The Morgan fingerprint density at radius 2 is 2.06 bits per heavy atom. The Labute approximate surface area is 96.9 Å². The van der Waals surface area contributed by atoms with Crippen molar-refractivity contribution in [2.75, 3.05) is 0 Å². The Bertz CT molecular complexity index is 270. The van der Waals surface area contributed by atoms with Crippen LogP contribution in [0, 0.1) is 0 Å². The number of carbonyl (C=O) groups excluding carboxylic acids is 2. The smallest absolute Gasteiger partial charge is 0.410 e. The van der Waals surface area contributed by atoms with Gasteiger partial charge < -0.3 is 14.4 Å². The standard InChI is InChI=1S/C12H21NO3/c1-9-5-6-10(7-8-14)13(9)11(15)16-12(2,3)4/h8-10H,5-7H2,1-4H3. The second-order valence-corrected chi connectivity index (χ2v) is 5.37. The highest BCUT2D eigenvalue weighted by molar-refractivity contribution is 5.70. The van der Waals surface area contributed by atoms with Gasteiger partial charge in [0.05, 0.1) is 0 Å². The van der Waals surface area contributed by atoms with Gasteiger partial charge in [-0.05, 0) is 40.5 Å². The molecule has 0 aliphatic carbocycles. The number of aldehydes is 1. The molecule has 0 saturated carbocycles. The second kappa shape index (κ2) is 4.85. The number of hydrogen-bond donors (Lipinski definition) is 0. The molecule has 1 amide bonds. The molecule has 1 saturated heterocycles. The molecule has 4 heteroatoms. The lowest BCUT2D eigenvalue weighted by Crippen LogP contribution is -2.43. The minimum Gasteiger partial charge on any atom is -0.444 e. The zero-order valence-electron chi connectivity index (χ0n) is 10.5.